The van der Waals surface area contributed by atoms with E-state index in [2.05, 4.69) is 40.1 Å². The molecule has 2 heterocycles. The number of hydrogen-bond donors (Lipinski definition) is 0. The quantitative estimate of drug-likeness (QED) is 0.611. The van der Waals surface area contributed by atoms with Gasteiger partial charge >= 0.3 is 0 Å². The molecule has 1 saturated heterocycles. The summed E-state index contributed by atoms with van der Waals surface area (Å²) in [6, 6.07) is 23.4. The fourth-order valence-electron chi connectivity index (χ4n) is 3.95. The summed E-state index contributed by atoms with van der Waals surface area (Å²) >= 11 is 0. The van der Waals surface area contributed by atoms with Crippen LogP contribution in [0.25, 0.3) is 11.8 Å². The molecule has 4 heteroatoms. The van der Waals surface area contributed by atoms with Crippen LogP contribution in [-0.2, 0) is 0 Å². The monoisotopic (exact) mass is 372 g/mol. The summed E-state index contributed by atoms with van der Waals surface area (Å²) in [5.41, 5.74) is 3.79. The third kappa shape index (κ3) is 3.01. The van der Waals surface area contributed by atoms with E-state index in [0.29, 0.717) is 11.3 Å². The Balaban J connectivity index is 1.49. The van der Waals surface area contributed by atoms with Crippen molar-refractivity contribution in [1.29, 1.82) is 0 Å². The smallest absolute Gasteiger partial charge is 0.137 e. The van der Waals surface area contributed by atoms with Gasteiger partial charge in [-0.2, -0.15) is 0 Å². The number of rotatable bonds is 2. The van der Waals surface area contributed by atoms with E-state index in [0.717, 1.165) is 43.2 Å². The largest absolute Gasteiger partial charge is 0.456 e. The summed E-state index contributed by atoms with van der Waals surface area (Å²) in [4.78, 5) is 4.73. The van der Waals surface area contributed by atoms with Crippen molar-refractivity contribution in [3.8, 4) is 11.5 Å². The van der Waals surface area contributed by atoms with Gasteiger partial charge in [-0.05, 0) is 42.5 Å². The van der Waals surface area contributed by atoms with Crippen LogP contribution in [0, 0.1) is 5.82 Å². The van der Waals surface area contributed by atoms with Gasteiger partial charge in [-0.1, -0.05) is 36.4 Å². The second-order valence-electron chi connectivity index (χ2n) is 7.09. The second-order valence-corrected chi connectivity index (χ2v) is 7.09. The van der Waals surface area contributed by atoms with Crippen molar-refractivity contribution in [2.75, 3.05) is 31.1 Å². The first-order chi connectivity index (χ1) is 13.8. The van der Waals surface area contributed by atoms with E-state index in [1.54, 1.807) is 6.07 Å². The molecule has 0 aliphatic carbocycles. The molecule has 0 aromatic heterocycles. The van der Waals surface area contributed by atoms with Crippen molar-refractivity contribution in [2.45, 2.75) is 0 Å². The number of ether oxygens (including phenoxy) is 1. The molecule has 3 aromatic carbocycles. The molecule has 0 saturated carbocycles. The van der Waals surface area contributed by atoms with Gasteiger partial charge in [0, 0.05) is 43.1 Å². The Bertz CT molecular complexity index is 1020. The number of anilines is 1. The number of benzene rings is 3. The lowest BCUT2D eigenvalue weighted by Gasteiger charge is -2.38. The molecule has 0 spiro atoms. The zero-order valence-electron chi connectivity index (χ0n) is 15.5. The summed E-state index contributed by atoms with van der Waals surface area (Å²) in [6.45, 7) is 3.60. The lowest BCUT2D eigenvalue weighted by atomic mass is 10.1. The zero-order chi connectivity index (χ0) is 18.9. The van der Waals surface area contributed by atoms with Crippen LogP contribution in [0.3, 0.4) is 0 Å². The highest BCUT2D eigenvalue weighted by atomic mass is 19.1. The molecule has 140 valence electrons. The van der Waals surface area contributed by atoms with Crippen molar-refractivity contribution < 1.29 is 9.13 Å². The highest BCUT2D eigenvalue weighted by Crippen LogP contribution is 2.40. The minimum Gasteiger partial charge on any atom is -0.456 e. The molecule has 0 radical (unpaired) electrons. The molecule has 3 nitrogen and oxygen atoms in total. The first-order valence-corrected chi connectivity index (χ1v) is 9.62. The number of halogens is 1. The van der Waals surface area contributed by atoms with Gasteiger partial charge in [-0.15, -0.1) is 0 Å². The number of piperazine rings is 1. The Morgan fingerprint density at radius 1 is 0.679 bits per heavy atom. The standard InChI is InChI=1S/C24H21FN2O/c25-21-10-6-12-24-20(21)17-22(19-9-4-5-11-23(19)28-24)27-15-13-26(14-16-27)18-7-2-1-3-8-18/h1-12,17H,13-16H2. The molecule has 0 N–H and O–H groups in total. The van der Waals surface area contributed by atoms with E-state index in [9.17, 15) is 4.39 Å². The number of para-hydroxylation sites is 2. The van der Waals surface area contributed by atoms with Gasteiger partial charge in [0.15, 0.2) is 0 Å². The second kappa shape index (κ2) is 7.04. The maximum atomic E-state index is 14.5. The lowest BCUT2D eigenvalue weighted by molar-refractivity contribution is 0.367. The Hall–Kier alpha value is -3.27. The molecule has 0 unspecified atom stereocenters. The van der Waals surface area contributed by atoms with E-state index in [-0.39, 0.29) is 5.82 Å². The van der Waals surface area contributed by atoms with Crippen LogP contribution in [-0.4, -0.2) is 31.1 Å². The van der Waals surface area contributed by atoms with Gasteiger partial charge in [0.25, 0.3) is 0 Å². The molecule has 1 fully saturated rings. The first-order valence-electron chi connectivity index (χ1n) is 9.62. The minimum absolute atomic E-state index is 0.259. The van der Waals surface area contributed by atoms with E-state index < -0.39 is 0 Å². The molecular formula is C24H21FN2O. The molecule has 0 bridgehead atoms. The van der Waals surface area contributed by atoms with Crippen LogP contribution < -0.4 is 9.64 Å². The SMILES string of the molecule is Fc1cccc2c1C=C(N1CCN(c3ccccc3)CC1)c1ccccc1O2. The summed E-state index contributed by atoms with van der Waals surface area (Å²) < 4.78 is 20.6. The third-order valence-corrected chi connectivity index (χ3v) is 5.42. The van der Waals surface area contributed by atoms with E-state index in [1.807, 2.05) is 36.4 Å². The average molecular weight is 372 g/mol. The number of nitrogens with zero attached hydrogens (tertiary/aromatic N) is 2. The topological polar surface area (TPSA) is 15.7 Å². The Labute approximate surface area is 164 Å². The fourth-order valence-corrected chi connectivity index (χ4v) is 3.95. The molecular weight excluding hydrogens is 351 g/mol. The van der Waals surface area contributed by atoms with Crippen LogP contribution in [0.15, 0.2) is 72.8 Å². The van der Waals surface area contributed by atoms with Gasteiger partial charge in [0.05, 0.1) is 5.56 Å². The average Bonchev–Trinajstić information content (AvgIpc) is 2.92. The normalized spacial score (nSPS) is 15.8. The maximum absolute atomic E-state index is 14.5. The van der Waals surface area contributed by atoms with Gasteiger partial charge < -0.3 is 14.5 Å². The zero-order valence-corrected chi connectivity index (χ0v) is 15.5. The molecule has 3 aromatic rings. The Morgan fingerprint density at radius 3 is 2.18 bits per heavy atom. The van der Waals surface area contributed by atoms with Crippen LogP contribution in [0.4, 0.5) is 10.1 Å². The molecule has 0 atom stereocenters. The van der Waals surface area contributed by atoms with E-state index in [1.165, 1.54) is 11.8 Å². The maximum Gasteiger partial charge on any atom is 0.137 e. The van der Waals surface area contributed by atoms with Crippen LogP contribution >= 0.6 is 0 Å². The van der Waals surface area contributed by atoms with Gasteiger partial charge in [0.1, 0.15) is 17.3 Å². The predicted octanol–water partition coefficient (Wildman–Crippen LogP) is 5.25. The lowest BCUT2D eigenvalue weighted by Crippen LogP contribution is -2.45. The van der Waals surface area contributed by atoms with Gasteiger partial charge in [0.2, 0.25) is 0 Å². The van der Waals surface area contributed by atoms with Crippen LogP contribution in [0.2, 0.25) is 0 Å². The highest BCUT2D eigenvalue weighted by Gasteiger charge is 2.25. The highest BCUT2D eigenvalue weighted by molar-refractivity contribution is 5.86. The van der Waals surface area contributed by atoms with E-state index >= 15 is 0 Å². The first kappa shape index (κ1) is 16.9. The predicted molar refractivity (Wildman–Crippen MR) is 111 cm³/mol. The summed E-state index contributed by atoms with van der Waals surface area (Å²) in [5, 5.41) is 0. The van der Waals surface area contributed by atoms with Crippen molar-refractivity contribution in [2.24, 2.45) is 0 Å². The molecule has 0 amide bonds. The van der Waals surface area contributed by atoms with Crippen molar-refractivity contribution in [3.63, 3.8) is 0 Å². The molecule has 5 rings (SSSR count). The molecule has 28 heavy (non-hydrogen) atoms. The Morgan fingerprint density at radius 2 is 1.36 bits per heavy atom. The number of fused-ring (bicyclic) bond motifs is 2. The third-order valence-electron chi connectivity index (χ3n) is 5.42. The van der Waals surface area contributed by atoms with Crippen molar-refractivity contribution in [1.82, 2.24) is 4.90 Å². The summed E-state index contributed by atoms with van der Waals surface area (Å²) in [7, 11) is 0. The summed E-state index contributed by atoms with van der Waals surface area (Å²) in [6.07, 6.45) is 1.94. The Kier molecular flexibility index (Phi) is 4.24. The molecule has 2 aliphatic rings. The van der Waals surface area contributed by atoms with Gasteiger partial charge in [-0.25, -0.2) is 4.39 Å². The molecule has 2 aliphatic heterocycles. The minimum atomic E-state index is -0.259. The van der Waals surface area contributed by atoms with Gasteiger partial charge in [-0.3, -0.25) is 0 Å². The van der Waals surface area contributed by atoms with Crippen LogP contribution in [0.5, 0.6) is 11.5 Å². The fraction of sp³-hybridized carbons (Fsp3) is 0.167. The summed E-state index contributed by atoms with van der Waals surface area (Å²) in [5.74, 6) is 1.07. The van der Waals surface area contributed by atoms with E-state index in [4.69, 9.17) is 4.74 Å². The number of hydrogen-bond acceptors (Lipinski definition) is 3. The van der Waals surface area contributed by atoms with Crippen LogP contribution in [0.1, 0.15) is 11.1 Å². The van der Waals surface area contributed by atoms with Crippen molar-refractivity contribution >= 4 is 17.5 Å². The van der Waals surface area contributed by atoms with Crippen molar-refractivity contribution in [3.05, 3.63) is 89.7 Å².